The molecule has 0 aliphatic carbocycles. The zero-order valence-electron chi connectivity index (χ0n) is 14.5. The molecule has 0 atom stereocenters. The van der Waals surface area contributed by atoms with Gasteiger partial charge in [0.1, 0.15) is 0 Å². The Labute approximate surface area is 154 Å². The molecule has 1 aliphatic heterocycles. The van der Waals surface area contributed by atoms with Crippen LogP contribution >= 0.6 is 0 Å². The molecule has 0 bridgehead atoms. The number of rotatable bonds is 6. The largest absolute Gasteiger partial charge is 0.326 e. The Morgan fingerprint density at radius 3 is 2.69 bits per heavy atom. The topological polar surface area (TPSA) is 66.5 Å². The van der Waals surface area contributed by atoms with E-state index in [1.807, 2.05) is 12.1 Å². The Hall–Kier alpha value is -2.60. The molecule has 1 aliphatic rings. The number of hydrogen-bond donors (Lipinski definition) is 1. The van der Waals surface area contributed by atoms with E-state index in [4.69, 9.17) is 0 Å². The van der Waals surface area contributed by atoms with E-state index in [2.05, 4.69) is 11.9 Å². The van der Waals surface area contributed by atoms with Crippen molar-refractivity contribution in [2.45, 2.75) is 30.6 Å². The van der Waals surface area contributed by atoms with Gasteiger partial charge in [-0.1, -0.05) is 30.3 Å². The molecule has 0 saturated carbocycles. The minimum Gasteiger partial charge on any atom is -0.326 e. The van der Waals surface area contributed by atoms with Crippen LogP contribution in [0.15, 0.2) is 66.1 Å². The average molecular weight is 370 g/mol. The highest BCUT2D eigenvalue weighted by Crippen LogP contribution is 2.34. The number of amides is 1. The zero-order valence-corrected chi connectivity index (χ0v) is 15.3. The normalized spacial score (nSPS) is 13.8. The Balaban J connectivity index is 1.92. The number of benzene rings is 2. The van der Waals surface area contributed by atoms with Gasteiger partial charge in [0.25, 0.3) is 10.0 Å². The lowest BCUT2D eigenvalue weighted by Crippen LogP contribution is -2.35. The van der Waals surface area contributed by atoms with Crippen LogP contribution in [-0.4, -0.2) is 20.9 Å². The predicted octanol–water partition coefficient (Wildman–Crippen LogP) is 3.73. The molecule has 0 fully saturated rings. The molecule has 0 aromatic heterocycles. The van der Waals surface area contributed by atoms with Crippen LogP contribution < -0.4 is 9.62 Å². The van der Waals surface area contributed by atoms with Gasteiger partial charge in [-0.05, 0) is 49.1 Å². The fourth-order valence-corrected chi connectivity index (χ4v) is 4.60. The number of allylic oxidation sites excluding steroid dienone is 1. The first-order valence-corrected chi connectivity index (χ1v) is 10.1. The SMILES string of the molecule is C=CCCC(=O)Nc1ccc2c(c1)N(S(=O)(=O)c1ccccc1)CCC2. The van der Waals surface area contributed by atoms with E-state index in [-0.39, 0.29) is 10.8 Å². The number of nitrogens with zero attached hydrogens (tertiary/aromatic N) is 1. The number of carbonyl (C=O) groups excluding carboxylic acids is 1. The van der Waals surface area contributed by atoms with Gasteiger partial charge in [0, 0.05) is 18.7 Å². The van der Waals surface area contributed by atoms with Crippen molar-refractivity contribution in [3.8, 4) is 0 Å². The number of hydrogen-bond acceptors (Lipinski definition) is 3. The fraction of sp³-hybridized carbons (Fsp3) is 0.250. The molecule has 0 radical (unpaired) electrons. The second kappa shape index (κ2) is 7.74. The van der Waals surface area contributed by atoms with Crippen LogP contribution in [0.2, 0.25) is 0 Å². The summed E-state index contributed by atoms with van der Waals surface area (Å²) < 4.78 is 27.5. The van der Waals surface area contributed by atoms with Crippen molar-refractivity contribution < 1.29 is 13.2 Å². The third-order valence-electron chi connectivity index (χ3n) is 4.35. The first kappa shape index (κ1) is 18.2. The standard InChI is InChI=1S/C20H22N2O3S/c1-2-3-11-20(23)21-17-13-12-16-8-7-14-22(19(16)15-17)26(24,25)18-9-5-4-6-10-18/h2,4-6,9-10,12-13,15H,1,3,7-8,11,14H2,(H,21,23). The van der Waals surface area contributed by atoms with E-state index in [1.54, 1.807) is 42.5 Å². The van der Waals surface area contributed by atoms with Crippen molar-refractivity contribution in [3.05, 3.63) is 66.7 Å². The minimum absolute atomic E-state index is 0.113. The highest BCUT2D eigenvalue weighted by Gasteiger charge is 2.29. The smallest absolute Gasteiger partial charge is 0.264 e. The second-order valence-electron chi connectivity index (χ2n) is 6.21. The number of carbonyl (C=O) groups is 1. The quantitative estimate of drug-likeness (QED) is 0.788. The highest BCUT2D eigenvalue weighted by atomic mass is 32.2. The maximum absolute atomic E-state index is 13.1. The molecule has 1 amide bonds. The van der Waals surface area contributed by atoms with Gasteiger partial charge in [0.2, 0.25) is 5.91 Å². The van der Waals surface area contributed by atoms with Crippen molar-refractivity contribution in [1.82, 2.24) is 0 Å². The van der Waals surface area contributed by atoms with Crippen molar-refractivity contribution >= 4 is 27.3 Å². The summed E-state index contributed by atoms with van der Waals surface area (Å²) in [5.41, 5.74) is 2.22. The van der Waals surface area contributed by atoms with Crippen LogP contribution in [0.5, 0.6) is 0 Å². The first-order valence-electron chi connectivity index (χ1n) is 8.64. The van der Waals surface area contributed by atoms with Crippen LogP contribution in [0.4, 0.5) is 11.4 Å². The summed E-state index contributed by atoms with van der Waals surface area (Å²) in [7, 11) is -3.63. The van der Waals surface area contributed by atoms with Gasteiger partial charge in [-0.15, -0.1) is 6.58 Å². The molecular weight excluding hydrogens is 348 g/mol. The van der Waals surface area contributed by atoms with Crippen molar-refractivity contribution in [1.29, 1.82) is 0 Å². The summed E-state index contributed by atoms with van der Waals surface area (Å²) >= 11 is 0. The molecule has 1 N–H and O–H groups in total. The maximum Gasteiger partial charge on any atom is 0.264 e. The molecule has 26 heavy (non-hydrogen) atoms. The lowest BCUT2D eigenvalue weighted by atomic mass is 10.0. The molecule has 5 nitrogen and oxygen atoms in total. The molecule has 0 saturated heterocycles. The molecule has 1 heterocycles. The van der Waals surface area contributed by atoms with Gasteiger partial charge in [-0.25, -0.2) is 8.42 Å². The third-order valence-corrected chi connectivity index (χ3v) is 6.18. The molecule has 2 aromatic rings. The van der Waals surface area contributed by atoms with Crippen molar-refractivity contribution in [3.63, 3.8) is 0 Å². The Morgan fingerprint density at radius 1 is 1.19 bits per heavy atom. The van der Waals surface area contributed by atoms with Crippen molar-refractivity contribution in [2.24, 2.45) is 0 Å². The summed E-state index contributed by atoms with van der Waals surface area (Å²) in [4.78, 5) is 12.2. The van der Waals surface area contributed by atoms with E-state index >= 15 is 0 Å². The van der Waals surface area contributed by atoms with E-state index < -0.39 is 10.0 Å². The molecule has 136 valence electrons. The molecule has 2 aromatic carbocycles. The summed E-state index contributed by atoms with van der Waals surface area (Å²) in [5.74, 6) is -0.113. The average Bonchev–Trinajstić information content (AvgIpc) is 2.66. The zero-order chi connectivity index (χ0) is 18.6. The van der Waals surface area contributed by atoms with Gasteiger partial charge in [0.05, 0.1) is 10.6 Å². The van der Waals surface area contributed by atoms with Gasteiger partial charge in [0.15, 0.2) is 0 Å². The van der Waals surface area contributed by atoms with E-state index in [9.17, 15) is 13.2 Å². The predicted molar refractivity (Wildman–Crippen MR) is 104 cm³/mol. The Morgan fingerprint density at radius 2 is 1.96 bits per heavy atom. The third kappa shape index (κ3) is 3.80. The van der Waals surface area contributed by atoms with Gasteiger partial charge in [-0.3, -0.25) is 9.10 Å². The molecule has 0 spiro atoms. The monoisotopic (exact) mass is 370 g/mol. The number of nitrogens with one attached hydrogen (secondary N) is 1. The van der Waals surface area contributed by atoms with Crippen LogP contribution in [-0.2, 0) is 21.2 Å². The van der Waals surface area contributed by atoms with Crippen LogP contribution in [0, 0.1) is 0 Å². The lowest BCUT2D eigenvalue weighted by molar-refractivity contribution is -0.116. The van der Waals surface area contributed by atoms with E-state index in [1.165, 1.54) is 4.31 Å². The van der Waals surface area contributed by atoms with Gasteiger partial charge < -0.3 is 5.32 Å². The number of anilines is 2. The summed E-state index contributed by atoms with van der Waals surface area (Å²) in [5, 5.41) is 2.83. The highest BCUT2D eigenvalue weighted by molar-refractivity contribution is 7.92. The Kier molecular flexibility index (Phi) is 5.42. The molecule has 3 rings (SSSR count). The second-order valence-corrected chi connectivity index (χ2v) is 8.08. The van der Waals surface area contributed by atoms with Gasteiger partial charge >= 0.3 is 0 Å². The minimum atomic E-state index is -3.63. The molecule has 0 unspecified atom stereocenters. The Bertz CT molecular complexity index is 908. The van der Waals surface area contributed by atoms with Gasteiger partial charge in [-0.2, -0.15) is 0 Å². The first-order chi connectivity index (χ1) is 12.5. The number of aryl methyl sites for hydroxylation is 1. The summed E-state index contributed by atoms with van der Waals surface area (Å²) in [6, 6.07) is 13.9. The van der Waals surface area contributed by atoms with Crippen LogP contribution in [0.1, 0.15) is 24.8 Å². The number of fused-ring (bicyclic) bond motifs is 1. The van der Waals surface area contributed by atoms with Crippen LogP contribution in [0.3, 0.4) is 0 Å². The van der Waals surface area contributed by atoms with Crippen molar-refractivity contribution in [2.75, 3.05) is 16.2 Å². The van der Waals surface area contributed by atoms with Crippen LogP contribution in [0.25, 0.3) is 0 Å². The number of sulfonamides is 1. The summed E-state index contributed by atoms with van der Waals surface area (Å²) in [6.07, 6.45) is 4.24. The van der Waals surface area contributed by atoms with E-state index in [0.717, 1.165) is 18.4 Å². The molecular formula is C20H22N2O3S. The molecule has 6 heteroatoms. The van der Waals surface area contributed by atoms with E-state index in [0.29, 0.717) is 30.8 Å². The maximum atomic E-state index is 13.1. The fourth-order valence-electron chi connectivity index (χ4n) is 3.04. The lowest BCUT2D eigenvalue weighted by Gasteiger charge is -2.31. The summed E-state index contributed by atoms with van der Waals surface area (Å²) in [6.45, 7) is 4.04.